The molecule has 0 atom stereocenters. The van der Waals surface area contributed by atoms with Crippen molar-refractivity contribution in [3.05, 3.63) is 36.4 Å². The lowest BCUT2D eigenvalue weighted by Gasteiger charge is -2.17. The van der Waals surface area contributed by atoms with Gasteiger partial charge in [0.1, 0.15) is 9.79 Å². The Balaban J connectivity index is 2.44. The van der Waals surface area contributed by atoms with E-state index in [0.717, 1.165) is 0 Å². The van der Waals surface area contributed by atoms with E-state index in [4.69, 9.17) is 5.73 Å². The topological polar surface area (TPSA) is 155 Å². The van der Waals surface area contributed by atoms with E-state index in [1.54, 1.807) is 0 Å². The molecule has 27 heavy (non-hydrogen) atoms. The van der Waals surface area contributed by atoms with Crippen LogP contribution in [0, 0.1) is 0 Å². The van der Waals surface area contributed by atoms with E-state index in [1.807, 2.05) is 0 Å². The summed E-state index contributed by atoms with van der Waals surface area (Å²) in [5.41, 5.74) is 6.25. The van der Waals surface area contributed by atoms with Crippen LogP contribution in [-0.4, -0.2) is 25.9 Å². The first-order valence-electron chi connectivity index (χ1n) is 7.33. The minimum Gasteiger partial charge on any atom is -0.398 e. The van der Waals surface area contributed by atoms with Gasteiger partial charge in [-0.1, -0.05) is 24.3 Å². The van der Waals surface area contributed by atoms with Crippen LogP contribution in [-0.2, 0) is 24.8 Å². The molecule has 4 aromatic rings. The summed E-state index contributed by atoms with van der Waals surface area (Å²) < 4.78 is 78.0. The molecule has 0 aromatic heterocycles. The van der Waals surface area contributed by atoms with Gasteiger partial charge in [-0.2, -0.15) is 16.8 Å². The van der Waals surface area contributed by atoms with E-state index >= 15 is 0 Å². The molecule has 0 saturated heterocycles. The number of nitrogen functional groups attached to an aromatic ring is 1. The first kappa shape index (κ1) is 18.2. The molecule has 4 aromatic carbocycles. The summed E-state index contributed by atoms with van der Waals surface area (Å²) >= 11 is 0.190. The fourth-order valence-electron chi connectivity index (χ4n) is 3.42. The summed E-state index contributed by atoms with van der Waals surface area (Å²) in [5, 5.41) is 1.56. The Kier molecular flexibility index (Phi) is 3.83. The highest BCUT2D eigenvalue weighted by Crippen LogP contribution is 2.44. The smallest absolute Gasteiger partial charge is 0.295 e. The van der Waals surface area contributed by atoms with Crippen LogP contribution in [0.3, 0.4) is 0 Å². The molecule has 11 heteroatoms. The second kappa shape index (κ2) is 5.67. The van der Waals surface area contributed by atoms with Gasteiger partial charge in [0.25, 0.3) is 20.2 Å². The molecular formula is C16H10NO7S3. The van der Waals surface area contributed by atoms with Crippen LogP contribution >= 0.6 is 12.0 Å². The van der Waals surface area contributed by atoms with Crippen molar-refractivity contribution in [1.29, 1.82) is 0 Å². The lowest BCUT2D eigenvalue weighted by Crippen LogP contribution is -2.06. The van der Waals surface area contributed by atoms with E-state index in [0.29, 0.717) is 22.2 Å². The van der Waals surface area contributed by atoms with Crippen molar-refractivity contribution < 1.29 is 30.5 Å². The number of benzene rings is 4. The van der Waals surface area contributed by atoms with Crippen LogP contribution in [0.1, 0.15) is 0 Å². The van der Waals surface area contributed by atoms with Crippen molar-refractivity contribution in [2.24, 2.45) is 0 Å². The third-order valence-electron chi connectivity index (χ3n) is 4.46. The highest BCUT2D eigenvalue weighted by molar-refractivity contribution is 7.93. The summed E-state index contributed by atoms with van der Waals surface area (Å²) in [6.07, 6.45) is 0. The van der Waals surface area contributed by atoms with Crippen LogP contribution in [0.5, 0.6) is 0 Å². The molecule has 0 unspecified atom stereocenters. The molecule has 0 fully saturated rings. The minimum absolute atomic E-state index is 0.0467. The van der Waals surface area contributed by atoms with Crippen LogP contribution < -0.4 is 5.73 Å². The Morgan fingerprint density at radius 2 is 1.19 bits per heavy atom. The van der Waals surface area contributed by atoms with Gasteiger partial charge in [-0.25, -0.2) is 0 Å². The van der Waals surface area contributed by atoms with Gasteiger partial charge in [-0.3, -0.25) is 9.11 Å². The van der Waals surface area contributed by atoms with Crippen molar-refractivity contribution in [3.63, 3.8) is 0 Å². The summed E-state index contributed by atoms with van der Waals surface area (Å²) in [4.78, 5) is -1.06. The molecule has 0 aliphatic heterocycles. The zero-order valence-corrected chi connectivity index (χ0v) is 15.7. The number of anilines is 1. The maximum atomic E-state index is 11.8. The van der Waals surface area contributed by atoms with E-state index in [9.17, 15) is 30.5 Å². The lowest BCUT2D eigenvalue weighted by atomic mass is 9.93. The van der Waals surface area contributed by atoms with Gasteiger partial charge < -0.3 is 5.73 Å². The predicted molar refractivity (Wildman–Crippen MR) is 101 cm³/mol. The second-order valence-electron chi connectivity index (χ2n) is 5.94. The van der Waals surface area contributed by atoms with Gasteiger partial charge in [-0.05, 0) is 17.5 Å². The molecule has 0 amide bonds. The summed E-state index contributed by atoms with van der Waals surface area (Å²) in [5.74, 6) is 0. The molecular weight excluding hydrogens is 414 g/mol. The molecule has 0 spiro atoms. The van der Waals surface area contributed by atoms with Crippen molar-refractivity contribution in [2.75, 3.05) is 5.73 Å². The highest BCUT2D eigenvalue weighted by atomic mass is 32.2. The van der Waals surface area contributed by atoms with Gasteiger partial charge in [0.15, 0.2) is 0 Å². The van der Waals surface area contributed by atoms with Gasteiger partial charge in [0.2, 0.25) is 0 Å². The van der Waals surface area contributed by atoms with Crippen molar-refractivity contribution >= 4 is 70.3 Å². The molecule has 0 aliphatic rings. The largest absolute Gasteiger partial charge is 0.398 e. The van der Waals surface area contributed by atoms with Crippen LogP contribution in [0.25, 0.3) is 32.3 Å². The van der Waals surface area contributed by atoms with Gasteiger partial charge >= 0.3 is 0 Å². The predicted octanol–water partition coefficient (Wildman–Crippen LogP) is 3.10. The van der Waals surface area contributed by atoms with E-state index in [1.165, 1.54) is 30.3 Å². The molecule has 0 bridgehead atoms. The average molecular weight is 424 g/mol. The van der Waals surface area contributed by atoms with Gasteiger partial charge in [0, 0.05) is 37.5 Å². The maximum Gasteiger partial charge on any atom is 0.295 e. The lowest BCUT2D eigenvalue weighted by molar-refractivity contribution is 0.482. The van der Waals surface area contributed by atoms with Crippen LogP contribution in [0.2, 0.25) is 0 Å². The third-order valence-corrected chi connectivity index (χ3v) is 6.77. The fourth-order valence-corrected chi connectivity index (χ4v) is 5.36. The quantitative estimate of drug-likeness (QED) is 0.196. The minimum atomic E-state index is -4.81. The number of nitrogens with two attached hydrogens (primary N) is 1. The number of hydrogen-bond acceptors (Lipinski definition) is 6. The standard InChI is InChI=1S/C16H10NO7S3/c17-11-5-12(25-18)8-2-4-10-14(27(22,23)24)6-13(26(19,20)21)9-3-1-7(11)15(8)16(9)10/h1-6H,17H2,(H,19,20,21)(H,22,23,24). The van der Waals surface area contributed by atoms with Crippen molar-refractivity contribution in [1.82, 2.24) is 0 Å². The Morgan fingerprint density at radius 3 is 1.67 bits per heavy atom. The molecule has 139 valence electrons. The van der Waals surface area contributed by atoms with Crippen molar-refractivity contribution in [3.8, 4) is 0 Å². The Labute approximate surface area is 157 Å². The fraction of sp³-hybridized carbons (Fsp3) is 0. The SMILES string of the molecule is Nc1cc(S[O])c2ccc3c(S(=O)(=O)O)cc(S(=O)(=O)O)c4ccc1c2c43. The summed E-state index contributed by atoms with van der Waals surface area (Å²) in [7, 11) is -9.62. The molecule has 8 nitrogen and oxygen atoms in total. The van der Waals surface area contributed by atoms with Gasteiger partial charge in [-0.15, -0.1) is 4.55 Å². The van der Waals surface area contributed by atoms with E-state index in [-0.39, 0.29) is 38.8 Å². The summed E-state index contributed by atoms with van der Waals surface area (Å²) in [6, 6.07) is 7.98. The normalized spacial score (nSPS) is 13.1. The molecule has 0 aliphatic carbocycles. The second-order valence-corrected chi connectivity index (χ2v) is 9.33. The molecule has 0 heterocycles. The van der Waals surface area contributed by atoms with Crippen molar-refractivity contribution in [2.45, 2.75) is 14.7 Å². The Morgan fingerprint density at radius 1 is 0.741 bits per heavy atom. The number of hydrogen-bond donors (Lipinski definition) is 3. The highest BCUT2D eigenvalue weighted by Gasteiger charge is 2.26. The van der Waals surface area contributed by atoms with E-state index in [2.05, 4.69) is 0 Å². The third kappa shape index (κ3) is 2.63. The van der Waals surface area contributed by atoms with Crippen LogP contribution in [0.4, 0.5) is 5.69 Å². The van der Waals surface area contributed by atoms with Crippen LogP contribution in [0.15, 0.2) is 51.1 Å². The van der Waals surface area contributed by atoms with Gasteiger partial charge in [0.05, 0.1) is 12.0 Å². The monoisotopic (exact) mass is 424 g/mol. The zero-order chi connectivity index (χ0) is 19.7. The Bertz CT molecular complexity index is 1410. The molecule has 4 rings (SSSR count). The molecule has 0 saturated carbocycles. The first-order chi connectivity index (χ1) is 12.5. The Hall–Kier alpha value is -2.15. The zero-order valence-electron chi connectivity index (χ0n) is 13.2. The first-order valence-corrected chi connectivity index (χ1v) is 10.9. The summed E-state index contributed by atoms with van der Waals surface area (Å²) in [6.45, 7) is 0. The molecule has 4 N–H and O–H groups in total. The maximum absolute atomic E-state index is 11.8. The number of rotatable bonds is 3. The molecule has 1 radical (unpaired) electrons. The van der Waals surface area contributed by atoms with E-state index < -0.39 is 30.0 Å². The average Bonchev–Trinajstić information content (AvgIpc) is 2.58.